The number of hydrogen-bond donors (Lipinski definition) is 1. The molecule has 1 heterocycles. The standard InChI is InChI=1S/C13H28N2/c1-11(2)13-8-6-5-7-9-15(13)12(3)10-14-4/h11-14H,5-10H2,1-4H3. The summed E-state index contributed by atoms with van der Waals surface area (Å²) in [7, 11) is 2.05. The van der Waals surface area contributed by atoms with Crippen LogP contribution in [0, 0.1) is 5.92 Å². The van der Waals surface area contributed by atoms with Gasteiger partial charge in [-0.05, 0) is 39.3 Å². The van der Waals surface area contributed by atoms with E-state index in [1.165, 1.54) is 32.2 Å². The molecule has 0 saturated carbocycles. The van der Waals surface area contributed by atoms with Gasteiger partial charge in [0.05, 0.1) is 0 Å². The monoisotopic (exact) mass is 212 g/mol. The van der Waals surface area contributed by atoms with Crippen molar-refractivity contribution < 1.29 is 0 Å². The van der Waals surface area contributed by atoms with E-state index in [-0.39, 0.29) is 0 Å². The molecular weight excluding hydrogens is 184 g/mol. The summed E-state index contributed by atoms with van der Waals surface area (Å²) in [6, 6.07) is 1.48. The highest BCUT2D eigenvalue weighted by molar-refractivity contribution is 4.82. The maximum atomic E-state index is 3.30. The Morgan fingerprint density at radius 2 is 1.93 bits per heavy atom. The van der Waals surface area contributed by atoms with Crippen LogP contribution >= 0.6 is 0 Å². The highest BCUT2D eigenvalue weighted by Crippen LogP contribution is 2.24. The van der Waals surface area contributed by atoms with Crippen LogP contribution < -0.4 is 5.32 Å². The first kappa shape index (κ1) is 13.0. The number of hydrogen-bond acceptors (Lipinski definition) is 2. The van der Waals surface area contributed by atoms with Crippen molar-refractivity contribution in [2.45, 2.75) is 58.5 Å². The topological polar surface area (TPSA) is 15.3 Å². The Balaban J connectivity index is 2.61. The molecule has 2 atom stereocenters. The zero-order valence-corrected chi connectivity index (χ0v) is 10.9. The third-order valence-electron chi connectivity index (χ3n) is 3.68. The zero-order chi connectivity index (χ0) is 11.3. The van der Waals surface area contributed by atoms with Crippen LogP contribution in [0.15, 0.2) is 0 Å². The number of likely N-dealkylation sites (N-methyl/N-ethyl adjacent to an activating group) is 1. The molecule has 1 aliphatic rings. The van der Waals surface area contributed by atoms with E-state index in [9.17, 15) is 0 Å². The van der Waals surface area contributed by atoms with Gasteiger partial charge in [0, 0.05) is 18.6 Å². The molecular formula is C13H28N2. The van der Waals surface area contributed by atoms with E-state index in [2.05, 4.69) is 38.0 Å². The largest absolute Gasteiger partial charge is 0.318 e. The molecule has 0 radical (unpaired) electrons. The highest BCUT2D eigenvalue weighted by atomic mass is 15.2. The van der Waals surface area contributed by atoms with E-state index >= 15 is 0 Å². The Kier molecular flexibility index (Phi) is 5.62. The predicted molar refractivity (Wildman–Crippen MR) is 67.2 cm³/mol. The van der Waals surface area contributed by atoms with Gasteiger partial charge in [-0.2, -0.15) is 0 Å². The molecule has 0 aromatic carbocycles. The fraction of sp³-hybridized carbons (Fsp3) is 1.00. The molecule has 90 valence electrons. The van der Waals surface area contributed by atoms with Gasteiger partial charge in [0.2, 0.25) is 0 Å². The Morgan fingerprint density at radius 3 is 2.53 bits per heavy atom. The van der Waals surface area contributed by atoms with Crippen molar-refractivity contribution in [2.24, 2.45) is 5.92 Å². The molecule has 2 heteroatoms. The van der Waals surface area contributed by atoms with Crippen LogP contribution in [0.4, 0.5) is 0 Å². The molecule has 2 nitrogen and oxygen atoms in total. The van der Waals surface area contributed by atoms with Crippen molar-refractivity contribution in [3.63, 3.8) is 0 Å². The first-order chi connectivity index (χ1) is 7.16. The molecule has 0 aliphatic carbocycles. The van der Waals surface area contributed by atoms with Crippen molar-refractivity contribution in [1.82, 2.24) is 10.2 Å². The van der Waals surface area contributed by atoms with Crippen LogP contribution in [0.2, 0.25) is 0 Å². The van der Waals surface area contributed by atoms with E-state index < -0.39 is 0 Å². The lowest BCUT2D eigenvalue weighted by Gasteiger charge is -2.37. The van der Waals surface area contributed by atoms with Gasteiger partial charge >= 0.3 is 0 Å². The highest BCUT2D eigenvalue weighted by Gasteiger charge is 2.26. The molecule has 1 N–H and O–H groups in total. The Bertz CT molecular complexity index is 168. The molecule has 0 aromatic heterocycles. The Labute approximate surface area is 95.4 Å². The van der Waals surface area contributed by atoms with Gasteiger partial charge in [-0.1, -0.05) is 26.7 Å². The van der Waals surface area contributed by atoms with Crippen LogP contribution in [-0.2, 0) is 0 Å². The van der Waals surface area contributed by atoms with Gasteiger partial charge in [0.1, 0.15) is 0 Å². The van der Waals surface area contributed by atoms with E-state index in [0.717, 1.165) is 18.5 Å². The molecule has 1 aliphatic heterocycles. The lowest BCUT2D eigenvalue weighted by Crippen LogP contribution is -2.47. The normalized spacial score (nSPS) is 26.6. The summed E-state index contributed by atoms with van der Waals surface area (Å²) in [4.78, 5) is 2.73. The van der Waals surface area contributed by atoms with Crippen LogP contribution in [0.25, 0.3) is 0 Å². The minimum absolute atomic E-state index is 0.681. The van der Waals surface area contributed by atoms with Crippen molar-refractivity contribution in [1.29, 1.82) is 0 Å². The second-order valence-electron chi connectivity index (χ2n) is 5.31. The van der Waals surface area contributed by atoms with Gasteiger partial charge in [-0.3, -0.25) is 4.90 Å². The molecule has 0 amide bonds. The summed E-state index contributed by atoms with van der Waals surface area (Å²) in [5.41, 5.74) is 0. The van der Waals surface area contributed by atoms with Crippen molar-refractivity contribution in [2.75, 3.05) is 20.1 Å². The summed E-state index contributed by atoms with van der Waals surface area (Å²) in [6.45, 7) is 9.51. The molecule has 0 aromatic rings. The fourth-order valence-corrected chi connectivity index (χ4v) is 2.83. The average molecular weight is 212 g/mol. The van der Waals surface area contributed by atoms with E-state index in [4.69, 9.17) is 0 Å². The summed E-state index contributed by atoms with van der Waals surface area (Å²) >= 11 is 0. The smallest absolute Gasteiger partial charge is 0.0195 e. The molecule has 0 spiro atoms. The molecule has 0 bridgehead atoms. The first-order valence-corrected chi connectivity index (χ1v) is 6.57. The van der Waals surface area contributed by atoms with Crippen molar-refractivity contribution in [3.8, 4) is 0 Å². The number of nitrogens with one attached hydrogen (secondary N) is 1. The molecule has 1 fully saturated rings. The summed E-state index contributed by atoms with van der Waals surface area (Å²) < 4.78 is 0. The van der Waals surface area contributed by atoms with E-state index in [1.807, 2.05) is 0 Å². The third-order valence-corrected chi connectivity index (χ3v) is 3.68. The van der Waals surface area contributed by atoms with E-state index in [1.54, 1.807) is 0 Å². The number of rotatable bonds is 4. The maximum absolute atomic E-state index is 3.30. The predicted octanol–water partition coefficient (Wildman–Crippen LogP) is 2.49. The van der Waals surface area contributed by atoms with Crippen LogP contribution in [0.3, 0.4) is 0 Å². The zero-order valence-electron chi connectivity index (χ0n) is 10.9. The van der Waals surface area contributed by atoms with Gasteiger partial charge in [-0.15, -0.1) is 0 Å². The van der Waals surface area contributed by atoms with Crippen LogP contribution in [-0.4, -0.2) is 37.1 Å². The number of nitrogens with zero attached hydrogens (tertiary/aromatic N) is 1. The van der Waals surface area contributed by atoms with Gasteiger partial charge in [-0.25, -0.2) is 0 Å². The van der Waals surface area contributed by atoms with Gasteiger partial charge in [0.25, 0.3) is 0 Å². The first-order valence-electron chi connectivity index (χ1n) is 6.57. The summed E-state index contributed by atoms with van der Waals surface area (Å²) in [5.74, 6) is 0.794. The number of likely N-dealkylation sites (tertiary alicyclic amines) is 1. The van der Waals surface area contributed by atoms with Crippen LogP contribution in [0.5, 0.6) is 0 Å². The minimum atomic E-state index is 0.681. The quantitative estimate of drug-likeness (QED) is 0.770. The Morgan fingerprint density at radius 1 is 1.20 bits per heavy atom. The average Bonchev–Trinajstić information content (AvgIpc) is 2.42. The Hall–Kier alpha value is -0.0800. The fourth-order valence-electron chi connectivity index (χ4n) is 2.83. The van der Waals surface area contributed by atoms with Crippen LogP contribution in [0.1, 0.15) is 46.5 Å². The summed E-state index contributed by atoms with van der Waals surface area (Å²) in [5, 5.41) is 3.30. The SMILES string of the molecule is CNCC(C)N1CCCCCC1C(C)C. The second kappa shape index (κ2) is 6.49. The maximum Gasteiger partial charge on any atom is 0.0195 e. The minimum Gasteiger partial charge on any atom is -0.318 e. The van der Waals surface area contributed by atoms with Crippen molar-refractivity contribution in [3.05, 3.63) is 0 Å². The second-order valence-corrected chi connectivity index (χ2v) is 5.31. The van der Waals surface area contributed by atoms with E-state index in [0.29, 0.717) is 6.04 Å². The molecule has 1 rings (SSSR count). The molecule has 2 unspecified atom stereocenters. The van der Waals surface area contributed by atoms with Gasteiger partial charge < -0.3 is 5.32 Å². The summed E-state index contributed by atoms with van der Waals surface area (Å²) in [6.07, 6.45) is 5.63. The van der Waals surface area contributed by atoms with Gasteiger partial charge in [0.15, 0.2) is 0 Å². The molecule has 1 saturated heterocycles. The molecule has 15 heavy (non-hydrogen) atoms. The van der Waals surface area contributed by atoms with Crippen molar-refractivity contribution >= 4 is 0 Å². The lowest BCUT2D eigenvalue weighted by atomic mass is 9.97. The third kappa shape index (κ3) is 3.76. The lowest BCUT2D eigenvalue weighted by molar-refractivity contribution is 0.112.